The predicted molar refractivity (Wildman–Crippen MR) is 90.8 cm³/mol. The van der Waals surface area contributed by atoms with Crippen molar-refractivity contribution in [3.63, 3.8) is 0 Å². The van der Waals surface area contributed by atoms with Crippen molar-refractivity contribution in [1.82, 2.24) is 0 Å². The molecule has 1 nitrogen and oxygen atoms in total. The molecule has 0 fully saturated rings. The van der Waals surface area contributed by atoms with E-state index in [-0.39, 0.29) is 0 Å². The first-order chi connectivity index (χ1) is 9.24. The van der Waals surface area contributed by atoms with Gasteiger partial charge in [-0.15, -0.1) is 6.58 Å². The molecule has 0 aliphatic carbocycles. The molecular weight excluding hydrogens is 232 g/mol. The molecule has 19 heavy (non-hydrogen) atoms. The zero-order chi connectivity index (χ0) is 15.2. The van der Waals surface area contributed by atoms with Gasteiger partial charge in [0.2, 0.25) is 0 Å². The van der Waals surface area contributed by atoms with Gasteiger partial charge in [0.1, 0.15) is 0 Å². The van der Waals surface area contributed by atoms with Crippen LogP contribution in [0.2, 0.25) is 0 Å². The van der Waals surface area contributed by atoms with Crippen LogP contribution in [-0.2, 0) is 0 Å². The molecule has 0 aliphatic rings. The lowest BCUT2D eigenvalue weighted by Gasteiger charge is -1.90. The van der Waals surface area contributed by atoms with Gasteiger partial charge in [0.05, 0.1) is 0 Å². The highest BCUT2D eigenvalue weighted by Gasteiger charge is 1.81. The van der Waals surface area contributed by atoms with E-state index in [9.17, 15) is 0 Å². The van der Waals surface area contributed by atoms with Gasteiger partial charge < -0.3 is 5.11 Å². The molecule has 0 bridgehead atoms. The second kappa shape index (κ2) is 30.6. The van der Waals surface area contributed by atoms with E-state index < -0.39 is 0 Å². The number of allylic oxidation sites excluding steroid dienone is 1. The van der Waals surface area contributed by atoms with Crippen molar-refractivity contribution in [1.29, 1.82) is 0 Å². The van der Waals surface area contributed by atoms with E-state index in [0.717, 1.165) is 6.42 Å². The minimum Gasteiger partial charge on any atom is -0.396 e. The van der Waals surface area contributed by atoms with Crippen LogP contribution in [0.25, 0.3) is 0 Å². The maximum Gasteiger partial charge on any atom is 0.0431 e. The van der Waals surface area contributed by atoms with E-state index in [1.165, 1.54) is 64.2 Å². The highest BCUT2D eigenvalue weighted by atomic mass is 16.2. The number of hydrogen-bond donors (Lipinski definition) is 1. The molecule has 118 valence electrons. The molecule has 1 heteroatoms. The molecule has 0 spiro atoms. The average molecular weight is 273 g/mol. The zero-order valence-electron chi connectivity index (χ0n) is 14.2. The molecule has 1 N–H and O–H groups in total. The Labute approximate surface area is 123 Å². The van der Waals surface area contributed by atoms with Crippen molar-refractivity contribution >= 4 is 0 Å². The summed E-state index contributed by atoms with van der Waals surface area (Å²) in [4.78, 5) is 0. The summed E-state index contributed by atoms with van der Waals surface area (Å²) in [5.74, 6) is 0. The monoisotopic (exact) mass is 272 g/mol. The van der Waals surface area contributed by atoms with Crippen molar-refractivity contribution in [2.45, 2.75) is 98.3 Å². The van der Waals surface area contributed by atoms with Gasteiger partial charge in [0.15, 0.2) is 0 Å². The Morgan fingerprint density at radius 2 is 1.11 bits per heavy atom. The fraction of sp³-hybridized carbons (Fsp3) is 0.889. The lowest BCUT2D eigenvalue weighted by molar-refractivity contribution is 0.283. The molecule has 0 aliphatic heterocycles. The average Bonchev–Trinajstić information content (AvgIpc) is 2.45. The molecule has 0 aromatic rings. The number of aliphatic hydroxyl groups excluding tert-OH is 1. The minimum absolute atomic E-state index is 0.361. The van der Waals surface area contributed by atoms with Crippen LogP contribution in [-0.4, -0.2) is 11.7 Å². The summed E-state index contributed by atoms with van der Waals surface area (Å²) in [6.45, 7) is 12.8. The molecule has 0 heterocycles. The molecule has 0 radical (unpaired) electrons. The lowest BCUT2D eigenvalue weighted by atomic mass is 10.2. The number of rotatable bonds is 10. The van der Waals surface area contributed by atoms with Crippen LogP contribution >= 0.6 is 0 Å². The van der Waals surface area contributed by atoms with Gasteiger partial charge in [0.25, 0.3) is 0 Å². The van der Waals surface area contributed by atoms with E-state index in [0.29, 0.717) is 6.61 Å². The molecule has 0 amide bonds. The van der Waals surface area contributed by atoms with Crippen LogP contribution in [0.15, 0.2) is 12.7 Å². The van der Waals surface area contributed by atoms with Crippen LogP contribution < -0.4 is 0 Å². The van der Waals surface area contributed by atoms with Crippen molar-refractivity contribution in [3.05, 3.63) is 12.7 Å². The van der Waals surface area contributed by atoms with Crippen molar-refractivity contribution < 1.29 is 5.11 Å². The smallest absolute Gasteiger partial charge is 0.0431 e. The number of hydrogen-bond acceptors (Lipinski definition) is 1. The third-order valence-electron chi connectivity index (χ3n) is 2.73. The minimum atomic E-state index is 0.361. The fourth-order valence-corrected chi connectivity index (χ4v) is 1.39. The molecule has 0 unspecified atom stereocenters. The summed E-state index contributed by atoms with van der Waals surface area (Å²) in [6.07, 6.45) is 15.9. The van der Waals surface area contributed by atoms with Crippen molar-refractivity contribution in [2.75, 3.05) is 6.61 Å². The van der Waals surface area contributed by atoms with Crippen LogP contribution in [0.4, 0.5) is 0 Å². The van der Waals surface area contributed by atoms with E-state index >= 15 is 0 Å². The summed E-state index contributed by atoms with van der Waals surface area (Å²) in [5.41, 5.74) is 0. The van der Waals surface area contributed by atoms with Gasteiger partial charge in [-0.25, -0.2) is 0 Å². The Bertz CT molecular complexity index is 113. The Hall–Kier alpha value is -0.300. The second-order valence-electron chi connectivity index (χ2n) is 4.92. The number of unbranched alkanes of at least 4 members (excludes halogenated alkanes) is 8. The Balaban J connectivity index is -0.000000203. The lowest BCUT2D eigenvalue weighted by Crippen LogP contribution is -1.80. The van der Waals surface area contributed by atoms with E-state index in [4.69, 9.17) is 5.11 Å². The summed E-state index contributed by atoms with van der Waals surface area (Å²) < 4.78 is 0. The third-order valence-corrected chi connectivity index (χ3v) is 2.73. The summed E-state index contributed by atoms with van der Waals surface area (Å²) in [7, 11) is 0. The molecular formula is C18H40O. The molecule has 0 aromatic heterocycles. The predicted octanol–water partition coefficient (Wildman–Crippen LogP) is 6.51. The van der Waals surface area contributed by atoms with Crippen molar-refractivity contribution in [2.24, 2.45) is 0 Å². The van der Waals surface area contributed by atoms with Crippen LogP contribution in [0.5, 0.6) is 0 Å². The summed E-state index contributed by atoms with van der Waals surface area (Å²) in [6, 6.07) is 0. The summed E-state index contributed by atoms with van der Waals surface area (Å²) >= 11 is 0. The van der Waals surface area contributed by atoms with E-state index in [1.807, 2.05) is 6.08 Å². The van der Waals surface area contributed by atoms with Crippen LogP contribution in [0.1, 0.15) is 98.3 Å². The Kier molecular flexibility index (Phi) is 38.3. The van der Waals surface area contributed by atoms with Gasteiger partial charge >= 0.3 is 0 Å². The van der Waals surface area contributed by atoms with Gasteiger partial charge in [-0.2, -0.15) is 0 Å². The summed E-state index contributed by atoms with van der Waals surface area (Å²) in [5, 5.41) is 8.29. The Morgan fingerprint density at radius 1 is 0.684 bits per heavy atom. The van der Waals surface area contributed by atoms with E-state index in [1.54, 1.807) is 0 Å². The Morgan fingerprint density at radius 3 is 1.37 bits per heavy atom. The van der Waals surface area contributed by atoms with Gasteiger partial charge in [-0.1, -0.05) is 91.6 Å². The third kappa shape index (κ3) is 46.4. The van der Waals surface area contributed by atoms with Crippen LogP contribution in [0.3, 0.4) is 0 Å². The first kappa shape index (κ1) is 23.8. The maximum absolute atomic E-state index is 8.29. The highest BCUT2D eigenvalue weighted by Crippen LogP contribution is 1.96. The SMILES string of the molecule is C=CCCCC.CCCCCC.CCCCCCO. The fourth-order valence-electron chi connectivity index (χ4n) is 1.39. The zero-order valence-corrected chi connectivity index (χ0v) is 14.2. The molecule has 0 atom stereocenters. The molecule has 0 rings (SSSR count). The normalized spacial score (nSPS) is 8.89. The molecule has 0 saturated heterocycles. The maximum atomic E-state index is 8.29. The molecule has 0 saturated carbocycles. The standard InChI is InChI=1S/C6H14O.C6H14.C6H12/c1-2-3-4-5-6-7;2*1-3-5-6-4-2/h7H,2-6H2,1H3;3-6H2,1-2H3;3H,1,4-6H2,2H3. The van der Waals surface area contributed by atoms with E-state index in [2.05, 4.69) is 34.3 Å². The number of aliphatic hydroxyl groups is 1. The highest BCUT2D eigenvalue weighted by molar-refractivity contribution is 4.64. The first-order valence-electron chi connectivity index (χ1n) is 8.46. The molecule has 0 aromatic carbocycles. The quantitative estimate of drug-likeness (QED) is 0.355. The van der Waals surface area contributed by atoms with Crippen molar-refractivity contribution in [3.8, 4) is 0 Å². The second-order valence-corrected chi connectivity index (χ2v) is 4.92. The van der Waals surface area contributed by atoms with Crippen LogP contribution in [0, 0.1) is 0 Å². The van der Waals surface area contributed by atoms with Gasteiger partial charge in [-0.05, 0) is 12.8 Å². The van der Waals surface area contributed by atoms with Gasteiger partial charge in [-0.3, -0.25) is 0 Å². The first-order valence-corrected chi connectivity index (χ1v) is 8.46. The topological polar surface area (TPSA) is 20.2 Å². The van der Waals surface area contributed by atoms with Gasteiger partial charge in [0, 0.05) is 6.61 Å². The largest absolute Gasteiger partial charge is 0.396 e.